The van der Waals surface area contributed by atoms with E-state index in [2.05, 4.69) is 15.4 Å². The first-order valence-corrected chi connectivity index (χ1v) is 7.39. The fourth-order valence-electron chi connectivity index (χ4n) is 2.03. The molecule has 0 saturated heterocycles. The van der Waals surface area contributed by atoms with Crippen molar-refractivity contribution >= 4 is 11.8 Å². The van der Waals surface area contributed by atoms with Gasteiger partial charge in [-0.3, -0.25) is 9.59 Å². The first-order chi connectivity index (χ1) is 12.3. The molecule has 0 atom stereocenters. The Kier molecular flexibility index (Phi) is 6.16. The number of halogens is 4. The summed E-state index contributed by atoms with van der Waals surface area (Å²) in [6, 6.07) is 10.6. The van der Waals surface area contributed by atoms with Gasteiger partial charge in [-0.05, 0) is 18.2 Å². The number of alkyl halides is 3. The largest absolute Gasteiger partial charge is 0.573 e. The number of para-hydroxylation sites is 1. The Hall–Kier alpha value is -3.10. The first-order valence-electron chi connectivity index (χ1n) is 7.39. The second kappa shape index (κ2) is 8.32. The highest BCUT2D eigenvalue weighted by atomic mass is 19.4. The van der Waals surface area contributed by atoms with Crippen molar-refractivity contribution in [2.24, 2.45) is 0 Å². The number of amides is 2. The molecule has 0 aliphatic heterocycles. The van der Waals surface area contributed by atoms with Crippen molar-refractivity contribution in [1.29, 1.82) is 0 Å². The summed E-state index contributed by atoms with van der Waals surface area (Å²) in [4.78, 5) is 23.5. The molecule has 5 nitrogen and oxygen atoms in total. The zero-order chi connectivity index (χ0) is 19.2. The molecule has 0 radical (unpaired) electrons. The highest BCUT2D eigenvalue weighted by Crippen LogP contribution is 2.25. The van der Waals surface area contributed by atoms with Crippen molar-refractivity contribution in [3.05, 3.63) is 65.5 Å². The van der Waals surface area contributed by atoms with Gasteiger partial charge in [0.25, 0.3) is 5.91 Å². The van der Waals surface area contributed by atoms with Crippen LogP contribution < -0.4 is 15.4 Å². The van der Waals surface area contributed by atoms with Crippen LogP contribution in [0.1, 0.15) is 15.9 Å². The van der Waals surface area contributed by atoms with Gasteiger partial charge < -0.3 is 15.4 Å². The number of ether oxygens (including phenoxy) is 1. The van der Waals surface area contributed by atoms with E-state index in [0.29, 0.717) is 0 Å². The van der Waals surface area contributed by atoms with Gasteiger partial charge in [-0.25, -0.2) is 4.39 Å². The van der Waals surface area contributed by atoms with E-state index in [-0.39, 0.29) is 17.7 Å². The normalized spacial score (nSPS) is 10.9. The lowest BCUT2D eigenvalue weighted by atomic mass is 10.2. The van der Waals surface area contributed by atoms with Crippen molar-refractivity contribution in [2.75, 3.05) is 6.54 Å². The minimum absolute atomic E-state index is 0.110. The van der Waals surface area contributed by atoms with Crippen LogP contribution in [0.25, 0.3) is 0 Å². The SMILES string of the molecule is O=C(CNC(=O)c1ccccc1F)NCc1ccccc1OC(F)(F)F. The van der Waals surface area contributed by atoms with Crippen LogP contribution in [-0.2, 0) is 11.3 Å². The summed E-state index contributed by atoms with van der Waals surface area (Å²) in [5, 5.41) is 4.58. The Morgan fingerprint density at radius 1 is 0.962 bits per heavy atom. The van der Waals surface area contributed by atoms with Crippen molar-refractivity contribution in [3.8, 4) is 5.75 Å². The minimum atomic E-state index is -4.85. The summed E-state index contributed by atoms with van der Waals surface area (Å²) in [6.45, 7) is -0.698. The molecule has 0 aliphatic carbocycles. The van der Waals surface area contributed by atoms with Crippen LogP contribution in [0.5, 0.6) is 5.75 Å². The zero-order valence-corrected chi connectivity index (χ0v) is 13.3. The standard InChI is InChI=1S/C17H14F4N2O3/c18-13-7-3-2-6-12(13)16(25)23-10-15(24)22-9-11-5-1-4-8-14(11)26-17(19,20)21/h1-8H,9-10H2,(H,22,24)(H,23,25). The number of nitrogens with one attached hydrogen (secondary N) is 2. The van der Waals surface area contributed by atoms with Crippen LogP contribution in [-0.4, -0.2) is 24.7 Å². The summed E-state index contributed by atoms with van der Waals surface area (Å²) < 4.78 is 54.3. The lowest BCUT2D eigenvalue weighted by molar-refractivity contribution is -0.274. The fraction of sp³-hybridized carbons (Fsp3) is 0.176. The molecule has 26 heavy (non-hydrogen) atoms. The molecule has 2 amide bonds. The molecule has 2 aromatic carbocycles. The number of rotatable bonds is 6. The van der Waals surface area contributed by atoms with Gasteiger partial charge >= 0.3 is 6.36 Å². The van der Waals surface area contributed by atoms with E-state index in [9.17, 15) is 27.2 Å². The Labute approximate surface area is 146 Å². The molecule has 0 bridgehead atoms. The Bertz CT molecular complexity index is 794. The maximum Gasteiger partial charge on any atom is 0.573 e. The third kappa shape index (κ3) is 5.76. The fourth-order valence-corrected chi connectivity index (χ4v) is 2.03. The summed E-state index contributed by atoms with van der Waals surface area (Å²) in [5.41, 5.74) is -0.108. The third-order valence-corrected chi connectivity index (χ3v) is 3.20. The van der Waals surface area contributed by atoms with Crippen molar-refractivity contribution < 1.29 is 31.9 Å². The van der Waals surface area contributed by atoms with Gasteiger partial charge in [0.05, 0.1) is 12.1 Å². The topological polar surface area (TPSA) is 67.4 Å². The number of carbonyl (C=O) groups is 2. The number of carbonyl (C=O) groups excluding carboxylic acids is 2. The molecular formula is C17H14F4N2O3. The summed E-state index contributed by atoms with van der Waals surface area (Å²) in [6.07, 6.45) is -4.85. The van der Waals surface area contributed by atoms with Gasteiger partial charge in [0.15, 0.2) is 0 Å². The zero-order valence-electron chi connectivity index (χ0n) is 13.3. The maximum atomic E-state index is 13.4. The average molecular weight is 370 g/mol. The van der Waals surface area contributed by atoms with Crippen molar-refractivity contribution in [1.82, 2.24) is 10.6 Å². The number of hydrogen-bond donors (Lipinski definition) is 2. The van der Waals surface area contributed by atoms with Gasteiger partial charge in [0, 0.05) is 12.1 Å². The molecule has 138 valence electrons. The molecule has 2 rings (SSSR count). The second-order valence-corrected chi connectivity index (χ2v) is 5.09. The predicted molar refractivity (Wildman–Crippen MR) is 83.7 cm³/mol. The van der Waals surface area contributed by atoms with Crippen LogP contribution in [0.15, 0.2) is 48.5 Å². The molecule has 0 spiro atoms. The molecule has 2 N–H and O–H groups in total. The monoisotopic (exact) mass is 370 g/mol. The molecule has 0 aliphatic rings. The van der Waals surface area contributed by atoms with Gasteiger partial charge in [-0.15, -0.1) is 13.2 Å². The second-order valence-electron chi connectivity index (χ2n) is 5.09. The quantitative estimate of drug-likeness (QED) is 0.769. The highest BCUT2D eigenvalue weighted by Gasteiger charge is 2.31. The van der Waals surface area contributed by atoms with E-state index in [1.54, 1.807) is 0 Å². The molecular weight excluding hydrogens is 356 g/mol. The third-order valence-electron chi connectivity index (χ3n) is 3.20. The van der Waals surface area contributed by atoms with Crippen LogP contribution in [0.2, 0.25) is 0 Å². The minimum Gasteiger partial charge on any atom is -0.405 e. The molecule has 0 unspecified atom stereocenters. The summed E-state index contributed by atoms with van der Waals surface area (Å²) in [5.74, 6) is -2.60. The predicted octanol–water partition coefficient (Wildman–Crippen LogP) is 2.77. The number of benzene rings is 2. The summed E-state index contributed by atoms with van der Waals surface area (Å²) >= 11 is 0. The van der Waals surface area contributed by atoms with E-state index in [4.69, 9.17) is 0 Å². The van der Waals surface area contributed by atoms with E-state index >= 15 is 0 Å². The molecule has 0 fully saturated rings. The van der Waals surface area contributed by atoms with Gasteiger partial charge in [0.2, 0.25) is 5.91 Å². The van der Waals surface area contributed by atoms with Crippen molar-refractivity contribution in [2.45, 2.75) is 12.9 Å². The van der Waals surface area contributed by atoms with Crippen LogP contribution >= 0.6 is 0 Å². The van der Waals surface area contributed by atoms with Crippen LogP contribution in [0.4, 0.5) is 17.6 Å². The molecule has 0 saturated carbocycles. The smallest absolute Gasteiger partial charge is 0.405 e. The Balaban J connectivity index is 1.88. The number of hydrogen-bond acceptors (Lipinski definition) is 3. The average Bonchev–Trinajstić information content (AvgIpc) is 2.58. The molecule has 0 aromatic heterocycles. The molecule has 9 heteroatoms. The van der Waals surface area contributed by atoms with E-state index in [1.807, 2.05) is 0 Å². The maximum absolute atomic E-state index is 13.4. The van der Waals surface area contributed by atoms with Gasteiger partial charge in [-0.1, -0.05) is 30.3 Å². The lowest BCUT2D eigenvalue weighted by Gasteiger charge is -2.13. The Morgan fingerprint density at radius 3 is 2.31 bits per heavy atom. The van der Waals surface area contributed by atoms with Crippen LogP contribution in [0.3, 0.4) is 0 Å². The van der Waals surface area contributed by atoms with E-state index in [0.717, 1.165) is 12.1 Å². The van der Waals surface area contributed by atoms with E-state index < -0.39 is 36.3 Å². The highest BCUT2D eigenvalue weighted by molar-refractivity contribution is 5.96. The van der Waals surface area contributed by atoms with Crippen molar-refractivity contribution in [3.63, 3.8) is 0 Å². The molecule has 2 aromatic rings. The van der Waals surface area contributed by atoms with E-state index in [1.165, 1.54) is 36.4 Å². The lowest BCUT2D eigenvalue weighted by Crippen LogP contribution is -2.37. The van der Waals surface area contributed by atoms with Crippen LogP contribution in [0, 0.1) is 5.82 Å². The molecule has 0 heterocycles. The van der Waals surface area contributed by atoms with Gasteiger partial charge in [0.1, 0.15) is 11.6 Å². The summed E-state index contributed by atoms with van der Waals surface area (Å²) in [7, 11) is 0. The Morgan fingerprint density at radius 2 is 1.62 bits per heavy atom. The van der Waals surface area contributed by atoms with Gasteiger partial charge in [-0.2, -0.15) is 0 Å². The first kappa shape index (κ1) is 19.2.